The quantitative estimate of drug-likeness (QED) is 0.223. The summed E-state index contributed by atoms with van der Waals surface area (Å²) < 4.78 is 0. The number of carboxylic acid groups (broad SMARTS) is 1. The second-order valence-electron chi connectivity index (χ2n) is 8.50. The number of aromatic nitrogens is 1. The second kappa shape index (κ2) is 13.7. The lowest BCUT2D eigenvalue weighted by atomic mass is 9.97. The molecule has 1 aromatic carbocycles. The van der Waals surface area contributed by atoms with Crippen LogP contribution in [0.4, 0.5) is 0 Å². The van der Waals surface area contributed by atoms with Gasteiger partial charge in [-0.15, -0.1) is 0 Å². The van der Waals surface area contributed by atoms with Crippen LogP contribution < -0.4 is 21.7 Å². The van der Waals surface area contributed by atoms with Gasteiger partial charge in [-0.1, -0.05) is 38.5 Å². The minimum absolute atomic E-state index is 0.242. The summed E-state index contributed by atoms with van der Waals surface area (Å²) in [5.74, 6) is -2.37. The number of carbonyl (C=O) groups excluding carboxylic acids is 3. The number of aliphatic carboxylic acids is 1. The van der Waals surface area contributed by atoms with E-state index in [2.05, 4.69) is 20.9 Å². The number of aromatic amines is 1. The summed E-state index contributed by atoms with van der Waals surface area (Å²) in [4.78, 5) is 52.5. The number of H-pyrrole nitrogens is 1. The number of carbonyl (C=O) groups is 4. The summed E-state index contributed by atoms with van der Waals surface area (Å²) in [6.07, 6.45) is 4.94. The van der Waals surface area contributed by atoms with Crippen molar-refractivity contribution in [2.75, 3.05) is 18.6 Å². The molecule has 3 amide bonds. The first-order valence-corrected chi connectivity index (χ1v) is 13.0. The summed E-state index contributed by atoms with van der Waals surface area (Å²) in [7, 11) is 0. The highest BCUT2D eigenvalue weighted by Gasteiger charge is 2.30. The van der Waals surface area contributed by atoms with E-state index in [0.29, 0.717) is 25.0 Å². The molecule has 0 saturated heterocycles. The first-order chi connectivity index (χ1) is 16.7. The van der Waals surface area contributed by atoms with E-state index >= 15 is 0 Å². The van der Waals surface area contributed by atoms with Gasteiger partial charge >= 0.3 is 5.97 Å². The second-order valence-corrected chi connectivity index (χ2v) is 9.48. The van der Waals surface area contributed by atoms with E-state index in [1.165, 1.54) is 11.8 Å². The third-order valence-corrected chi connectivity index (χ3v) is 6.55. The van der Waals surface area contributed by atoms with E-state index in [0.717, 1.165) is 16.5 Å². The standard InChI is InChI=1S/C24H35N5O5S/c1-4-14(2)21(24(34)27-13-20(30)31)29-23(33)19(9-10-35-3)28-22(32)17(25)11-15-12-26-18-8-6-5-7-16(15)18/h5-8,12,14,17,19,21,26H,4,9-11,13,25H2,1-3H3,(H,27,34)(H,28,32)(H,29,33)(H,30,31). The molecule has 0 saturated carbocycles. The van der Waals surface area contributed by atoms with Crippen LogP contribution >= 0.6 is 11.8 Å². The van der Waals surface area contributed by atoms with Gasteiger partial charge in [0, 0.05) is 17.1 Å². The highest BCUT2D eigenvalue weighted by Crippen LogP contribution is 2.19. The number of amides is 3. The van der Waals surface area contributed by atoms with Crippen molar-refractivity contribution in [1.82, 2.24) is 20.9 Å². The average Bonchev–Trinajstić information content (AvgIpc) is 3.25. The Labute approximate surface area is 209 Å². The van der Waals surface area contributed by atoms with Crippen LogP contribution in [0, 0.1) is 5.92 Å². The fourth-order valence-electron chi connectivity index (χ4n) is 3.64. The Morgan fingerprint density at radius 1 is 1.11 bits per heavy atom. The van der Waals surface area contributed by atoms with Gasteiger partial charge in [0.15, 0.2) is 0 Å². The molecule has 0 bridgehead atoms. The lowest BCUT2D eigenvalue weighted by Gasteiger charge is -2.27. The number of carboxylic acids is 1. The monoisotopic (exact) mass is 505 g/mol. The van der Waals surface area contributed by atoms with Gasteiger partial charge in [-0.05, 0) is 42.4 Å². The van der Waals surface area contributed by atoms with Crippen molar-refractivity contribution in [3.05, 3.63) is 36.0 Å². The maximum absolute atomic E-state index is 13.1. The maximum atomic E-state index is 13.1. The SMILES string of the molecule is CCC(C)C(NC(=O)C(CCSC)NC(=O)C(N)Cc1c[nH]c2ccccc12)C(=O)NCC(=O)O. The summed E-state index contributed by atoms with van der Waals surface area (Å²) in [6, 6.07) is 5.03. The number of thioether (sulfide) groups is 1. The van der Waals surface area contributed by atoms with E-state index in [-0.39, 0.29) is 5.92 Å². The number of nitrogens with one attached hydrogen (secondary N) is 4. The lowest BCUT2D eigenvalue weighted by Crippen LogP contribution is -2.57. The largest absolute Gasteiger partial charge is 0.480 e. The van der Waals surface area contributed by atoms with Crippen molar-refractivity contribution in [2.45, 2.75) is 51.2 Å². The number of nitrogens with two attached hydrogens (primary N) is 1. The Kier molecular flexibility index (Phi) is 11.1. The molecule has 1 heterocycles. The van der Waals surface area contributed by atoms with Gasteiger partial charge in [-0.25, -0.2) is 0 Å². The number of rotatable bonds is 14. The Bertz CT molecular complexity index is 1030. The summed E-state index contributed by atoms with van der Waals surface area (Å²) in [5, 5.41) is 17.6. The normalized spacial score (nSPS) is 14.5. The van der Waals surface area contributed by atoms with Gasteiger partial charge < -0.3 is 31.8 Å². The van der Waals surface area contributed by atoms with E-state index in [1.807, 2.05) is 43.6 Å². The van der Waals surface area contributed by atoms with Crippen molar-refractivity contribution < 1.29 is 24.3 Å². The van der Waals surface area contributed by atoms with Crippen LogP contribution in [0.5, 0.6) is 0 Å². The number of fused-ring (bicyclic) bond motifs is 1. The number of hydrogen-bond donors (Lipinski definition) is 6. The fraction of sp³-hybridized carbons (Fsp3) is 0.500. The molecule has 2 rings (SSSR count). The topological polar surface area (TPSA) is 166 Å². The Hall–Kier alpha value is -3.05. The first kappa shape index (κ1) is 28.2. The van der Waals surface area contributed by atoms with Gasteiger partial charge in [-0.3, -0.25) is 19.2 Å². The Balaban J connectivity index is 2.08. The molecule has 10 nitrogen and oxygen atoms in total. The minimum atomic E-state index is -1.18. The molecule has 1 aromatic heterocycles. The van der Waals surface area contributed by atoms with Crippen LogP contribution in [0.1, 0.15) is 32.3 Å². The zero-order valence-corrected chi connectivity index (χ0v) is 21.1. The predicted octanol–water partition coefficient (Wildman–Crippen LogP) is 1.01. The van der Waals surface area contributed by atoms with E-state index < -0.39 is 48.4 Å². The lowest BCUT2D eigenvalue weighted by molar-refractivity contribution is -0.139. The smallest absolute Gasteiger partial charge is 0.322 e. The first-order valence-electron chi connectivity index (χ1n) is 11.6. The number of para-hydroxylation sites is 1. The summed E-state index contributed by atoms with van der Waals surface area (Å²) >= 11 is 1.52. The Morgan fingerprint density at radius 2 is 1.83 bits per heavy atom. The number of hydrogen-bond acceptors (Lipinski definition) is 6. The van der Waals surface area contributed by atoms with Crippen LogP contribution in [0.25, 0.3) is 10.9 Å². The molecule has 0 spiro atoms. The van der Waals surface area contributed by atoms with Crippen molar-refractivity contribution in [3.8, 4) is 0 Å². The van der Waals surface area contributed by atoms with Crippen molar-refractivity contribution >= 4 is 46.4 Å². The molecular formula is C24H35N5O5S. The van der Waals surface area contributed by atoms with Crippen molar-refractivity contribution in [2.24, 2.45) is 11.7 Å². The minimum Gasteiger partial charge on any atom is -0.480 e. The van der Waals surface area contributed by atoms with Gasteiger partial charge in [-0.2, -0.15) is 11.8 Å². The molecule has 35 heavy (non-hydrogen) atoms. The molecule has 4 unspecified atom stereocenters. The van der Waals surface area contributed by atoms with Crippen LogP contribution in [0.15, 0.2) is 30.5 Å². The molecule has 192 valence electrons. The van der Waals surface area contributed by atoms with Gasteiger partial charge in [0.2, 0.25) is 17.7 Å². The highest BCUT2D eigenvalue weighted by molar-refractivity contribution is 7.98. The van der Waals surface area contributed by atoms with Crippen LogP contribution in [0.2, 0.25) is 0 Å². The van der Waals surface area contributed by atoms with Crippen LogP contribution in [0.3, 0.4) is 0 Å². The van der Waals surface area contributed by atoms with Gasteiger partial charge in [0.25, 0.3) is 0 Å². The molecule has 7 N–H and O–H groups in total. The maximum Gasteiger partial charge on any atom is 0.322 e. The molecule has 0 radical (unpaired) electrons. The van der Waals surface area contributed by atoms with E-state index in [9.17, 15) is 19.2 Å². The van der Waals surface area contributed by atoms with Crippen LogP contribution in [-0.2, 0) is 25.6 Å². The highest BCUT2D eigenvalue weighted by atomic mass is 32.2. The average molecular weight is 506 g/mol. The van der Waals surface area contributed by atoms with E-state index in [4.69, 9.17) is 10.8 Å². The zero-order chi connectivity index (χ0) is 26.0. The zero-order valence-electron chi connectivity index (χ0n) is 20.3. The molecule has 0 aliphatic heterocycles. The molecule has 0 aliphatic rings. The van der Waals surface area contributed by atoms with Crippen LogP contribution in [-0.4, -0.2) is 70.5 Å². The molecule has 0 aliphatic carbocycles. The third kappa shape index (κ3) is 8.29. The van der Waals surface area contributed by atoms with Crippen molar-refractivity contribution in [3.63, 3.8) is 0 Å². The third-order valence-electron chi connectivity index (χ3n) is 5.90. The van der Waals surface area contributed by atoms with Gasteiger partial charge in [0.05, 0.1) is 6.04 Å². The Morgan fingerprint density at radius 3 is 2.49 bits per heavy atom. The van der Waals surface area contributed by atoms with Crippen molar-refractivity contribution in [1.29, 1.82) is 0 Å². The molecule has 4 atom stereocenters. The molecule has 11 heteroatoms. The molecular weight excluding hydrogens is 470 g/mol. The fourth-order valence-corrected chi connectivity index (χ4v) is 4.11. The number of benzene rings is 1. The summed E-state index contributed by atoms with van der Waals surface area (Å²) in [5.41, 5.74) is 8.03. The van der Waals surface area contributed by atoms with Gasteiger partial charge in [0.1, 0.15) is 18.6 Å². The van der Waals surface area contributed by atoms with E-state index in [1.54, 1.807) is 6.92 Å². The molecule has 0 fully saturated rings. The molecule has 2 aromatic rings. The summed E-state index contributed by atoms with van der Waals surface area (Å²) in [6.45, 7) is 3.11. The predicted molar refractivity (Wildman–Crippen MR) is 137 cm³/mol.